The Bertz CT molecular complexity index is 4410. The molecule has 7 heterocycles. The van der Waals surface area contributed by atoms with Crippen LogP contribution in [-0.4, -0.2) is 69.7 Å². The monoisotopic (exact) mass is 1290 g/mol. The van der Waals surface area contributed by atoms with E-state index in [-0.39, 0.29) is 23.6 Å². The van der Waals surface area contributed by atoms with E-state index in [9.17, 15) is 19.2 Å². The lowest BCUT2D eigenvalue weighted by Gasteiger charge is -2.09. The first-order valence-electron chi connectivity index (χ1n) is 34.9. The average molecular weight is 1300 g/mol. The summed E-state index contributed by atoms with van der Waals surface area (Å²) < 4.78 is 2.12. The average Bonchev–Trinajstić information content (AvgIpc) is 1.57. The highest BCUT2D eigenvalue weighted by atomic mass is 32.1. The first-order valence-corrected chi connectivity index (χ1v) is 36.7. The summed E-state index contributed by atoms with van der Waals surface area (Å²) >= 11 is 3.27. The molecule has 0 unspecified atom stereocenters. The molecule has 9 aromatic rings. The van der Waals surface area contributed by atoms with Gasteiger partial charge in [-0.1, -0.05) is 151 Å². The van der Waals surface area contributed by atoms with Crippen LogP contribution < -0.4 is 21.3 Å². The summed E-state index contributed by atoms with van der Waals surface area (Å²) in [7, 11) is 0. The molecule has 0 saturated carbocycles. The van der Waals surface area contributed by atoms with Crippen molar-refractivity contribution in [2.45, 2.75) is 182 Å². The Labute approximate surface area is 562 Å². The third-order valence-corrected chi connectivity index (χ3v) is 21.0. The van der Waals surface area contributed by atoms with Crippen molar-refractivity contribution in [2.24, 2.45) is 0 Å². The lowest BCUT2D eigenvalue weighted by Crippen LogP contribution is -2.24. The zero-order valence-electron chi connectivity index (χ0n) is 55.7. The summed E-state index contributed by atoms with van der Waals surface area (Å²) in [5.74, 6) is 0.137. The maximum atomic E-state index is 13.5. The third kappa shape index (κ3) is 17.4. The molecule has 4 aromatic carbocycles. The summed E-state index contributed by atoms with van der Waals surface area (Å²) in [5, 5.41) is 23.8. The number of hydrogen-bond donors (Lipinski definition) is 6. The van der Waals surface area contributed by atoms with E-state index < -0.39 is 0 Å². The first-order chi connectivity index (χ1) is 45.9. The highest BCUT2D eigenvalue weighted by Gasteiger charge is 2.23. The number of nitrogens with one attached hydrogen (secondary N) is 6. The van der Waals surface area contributed by atoms with Gasteiger partial charge in [0.05, 0.1) is 33.9 Å². The fourth-order valence-electron chi connectivity index (χ4n) is 13.6. The number of benzene rings is 4. The van der Waals surface area contributed by atoms with Gasteiger partial charge in [0.15, 0.2) is 0 Å². The molecule has 11 rings (SSSR count). The number of aryl methyl sites for hydroxylation is 2. The van der Waals surface area contributed by atoms with Crippen LogP contribution in [0.25, 0.3) is 86.1 Å². The Kier molecular flexibility index (Phi) is 23.8. The van der Waals surface area contributed by atoms with Crippen molar-refractivity contribution < 1.29 is 19.2 Å². The van der Waals surface area contributed by atoms with Crippen LogP contribution in [0.4, 0.5) is 0 Å². The van der Waals surface area contributed by atoms with Gasteiger partial charge >= 0.3 is 0 Å². The van der Waals surface area contributed by atoms with Crippen LogP contribution in [0.15, 0.2) is 120 Å². The standard InChI is InChI=1S/C80H94N8O4S2/c1-53-45-60-50-71-55(3)61(33-35-75(89)81-39-25-17-13-9-5-7-11-15-19-27-41-83-79(91)67-47-57-29-21-23-31-63(57)65-37-43-93-77(65)67)73(87-71)52-74-62(56(4)72(88-74)51-70-54(2)46-59(86-70)49-69(53)85-60)34-36-76(90)82-40-26-18-14-10-6-8-12-16-20-28-42-84-80(92)68-48-58-30-22-24-32-64(58)66-38-44-94-78(66)68/h21-24,29-32,37-38,43-52,85-86H,5-20,25-28,33-36,39-42H2,1-4H3,(H,81,89)(H,82,90)(H,83,91)(H,84,92). The number of thiophene rings is 2. The SMILES string of the molecule is CC1=C(CCC(=O)NCCCCCCCCCCCCNC(=O)c2cc3ccccc3c3ccsc23)c2cc3nc(cc4[nH]c(cc4C)cc4[nH]c(cc1n2)cc4C)C(C)=C3CCC(=O)NCCCCCCCCCCCCNC(=O)c1cc2ccccc2c2ccsc12. The molecule has 94 heavy (non-hydrogen) atoms. The van der Waals surface area contributed by atoms with Crippen LogP contribution in [0, 0.1) is 13.8 Å². The van der Waals surface area contributed by atoms with Crippen molar-refractivity contribution >= 4 is 132 Å². The Morgan fingerprint density at radius 2 is 0.755 bits per heavy atom. The zero-order valence-corrected chi connectivity index (χ0v) is 57.3. The predicted molar refractivity (Wildman–Crippen MR) is 396 cm³/mol. The number of hydrogen-bond acceptors (Lipinski definition) is 8. The van der Waals surface area contributed by atoms with Gasteiger partial charge in [-0.3, -0.25) is 19.2 Å². The number of carbonyl (C=O) groups excluding carboxylic acids is 4. The Morgan fingerprint density at radius 3 is 1.19 bits per heavy atom. The molecule has 0 saturated heterocycles. The van der Waals surface area contributed by atoms with Gasteiger partial charge in [-0.15, -0.1) is 22.7 Å². The van der Waals surface area contributed by atoms with E-state index in [4.69, 9.17) is 9.97 Å². The normalized spacial score (nSPS) is 12.5. The smallest absolute Gasteiger partial charge is 0.252 e. The molecule has 6 N–H and O–H groups in total. The van der Waals surface area contributed by atoms with Crippen molar-refractivity contribution in [1.29, 1.82) is 0 Å². The number of aromatic amines is 2. The number of amides is 4. The number of unbranched alkanes of at least 4 members (excludes halogenated alkanes) is 18. The van der Waals surface area contributed by atoms with Gasteiger partial charge in [-0.2, -0.15) is 0 Å². The molecule has 0 radical (unpaired) electrons. The van der Waals surface area contributed by atoms with Crippen molar-refractivity contribution in [3.8, 4) is 0 Å². The van der Waals surface area contributed by atoms with Gasteiger partial charge in [0.1, 0.15) is 0 Å². The van der Waals surface area contributed by atoms with Crippen molar-refractivity contribution in [2.75, 3.05) is 26.2 Å². The second-order valence-electron chi connectivity index (χ2n) is 26.1. The number of nitrogens with zero attached hydrogens (tertiary/aromatic N) is 2. The summed E-state index contributed by atoms with van der Waals surface area (Å²) in [6, 6.07) is 37.7. The van der Waals surface area contributed by atoms with Crippen LogP contribution in [0.3, 0.4) is 0 Å². The summed E-state index contributed by atoms with van der Waals surface area (Å²) in [6.45, 7) is 11.2. The topological polar surface area (TPSA) is 174 Å². The Hall–Kier alpha value is -8.20. The minimum atomic E-state index is 0.0208. The van der Waals surface area contributed by atoms with E-state index in [0.717, 1.165) is 172 Å². The van der Waals surface area contributed by atoms with Crippen LogP contribution in [0.5, 0.6) is 0 Å². The summed E-state index contributed by atoms with van der Waals surface area (Å²) in [6.07, 6.45) is 24.6. The molecular weight excluding hydrogens is 1200 g/mol. The Balaban J connectivity index is 0.590. The highest BCUT2D eigenvalue weighted by molar-refractivity contribution is 7.18. The van der Waals surface area contributed by atoms with Gasteiger partial charge in [0.25, 0.3) is 11.8 Å². The van der Waals surface area contributed by atoms with Gasteiger partial charge in [0, 0.05) is 81.3 Å². The molecule has 0 aliphatic carbocycles. The van der Waals surface area contributed by atoms with E-state index in [0.29, 0.717) is 51.9 Å². The maximum absolute atomic E-state index is 13.5. The van der Waals surface area contributed by atoms with E-state index in [1.54, 1.807) is 22.7 Å². The fourth-order valence-corrected chi connectivity index (χ4v) is 15.5. The molecule has 0 fully saturated rings. The van der Waals surface area contributed by atoms with E-state index >= 15 is 0 Å². The van der Waals surface area contributed by atoms with Crippen LogP contribution in [-0.2, 0) is 9.59 Å². The first kappa shape index (κ1) is 67.2. The van der Waals surface area contributed by atoms with Crippen LogP contribution in [0.2, 0.25) is 0 Å². The summed E-state index contributed by atoms with van der Waals surface area (Å²) in [5.41, 5.74) is 15.3. The van der Waals surface area contributed by atoms with Crippen molar-refractivity contribution in [3.05, 3.63) is 165 Å². The van der Waals surface area contributed by atoms with Crippen LogP contribution >= 0.6 is 22.7 Å². The van der Waals surface area contributed by atoms with Crippen molar-refractivity contribution in [3.63, 3.8) is 0 Å². The van der Waals surface area contributed by atoms with Gasteiger partial charge in [-0.25, -0.2) is 9.97 Å². The fraction of sp³-hybridized carbons (Fsp3) is 0.400. The molecule has 4 amide bonds. The lowest BCUT2D eigenvalue weighted by molar-refractivity contribution is -0.121. The van der Waals surface area contributed by atoms with E-state index in [1.165, 1.54) is 87.8 Å². The number of H-pyrrole nitrogens is 2. The minimum absolute atomic E-state index is 0.0208. The number of allylic oxidation sites excluding steroid dienone is 4. The Morgan fingerprint density at radius 1 is 0.383 bits per heavy atom. The predicted octanol–water partition coefficient (Wildman–Crippen LogP) is 20.0. The second kappa shape index (κ2) is 33.3. The molecule has 2 aliphatic rings. The van der Waals surface area contributed by atoms with Crippen LogP contribution in [0.1, 0.15) is 223 Å². The molecule has 14 heteroatoms. The summed E-state index contributed by atoms with van der Waals surface area (Å²) in [4.78, 5) is 71.2. The molecule has 12 nitrogen and oxygen atoms in total. The highest BCUT2D eigenvalue weighted by Crippen LogP contribution is 2.39. The minimum Gasteiger partial charge on any atom is -0.356 e. The van der Waals surface area contributed by atoms with Crippen molar-refractivity contribution in [1.82, 2.24) is 41.2 Å². The number of aromatic nitrogens is 4. The number of carbonyl (C=O) groups is 4. The molecule has 2 aliphatic heterocycles. The van der Waals surface area contributed by atoms with E-state index in [2.05, 4.69) is 155 Å². The second-order valence-corrected chi connectivity index (χ2v) is 27.9. The molecule has 0 atom stereocenters. The lowest BCUT2D eigenvalue weighted by atomic mass is 9.98. The maximum Gasteiger partial charge on any atom is 0.252 e. The molecule has 0 spiro atoms. The number of fused-ring (bicyclic) bond motifs is 14. The third-order valence-electron chi connectivity index (χ3n) is 19.1. The zero-order chi connectivity index (χ0) is 65.2. The van der Waals surface area contributed by atoms with Gasteiger partial charge < -0.3 is 31.2 Å². The van der Waals surface area contributed by atoms with Gasteiger partial charge in [-0.05, 0) is 193 Å². The molecule has 8 bridgehead atoms. The molecule has 5 aromatic heterocycles. The van der Waals surface area contributed by atoms with Gasteiger partial charge in [0.2, 0.25) is 11.8 Å². The molecule has 490 valence electrons. The number of rotatable bonds is 34. The van der Waals surface area contributed by atoms with E-state index in [1.807, 2.05) is 24.3 Å². The largest absolute Gasteiger partial charge is 0.356 e. The molecular formula is C80H94N8O4S2. The quantitative estimate of drug-likeness (QED) is 0.0219.